The van der Waals surface area contributed by atoms with Crippen molar-refractivity contribution < 1.29 is 19.0 Å². The van der Waals surface area contributed by atoms with Gasteiger partial charge in [-0.05, 0) is 36.6 Å². The van der Waals surface area contributed by atoms with Gasteiger partial charge in [0.1, 0.15) is 11.6 Å². The highest BCUT2D eigenvalue weighted by atomic mass is 16.5. The van der Waals surface area contributed by atoms with E-state index in [9.17, 15) is 10.1 Å². The predicted molar refractivity (Wildman–Crippen MR) is 96.4 cm³/mol. The fourth-order valence-corrected chi connectivity index (χ4v) is 1.94. The van der Waals surface area contributed by atoms with Crippen LogP contribution in [0.4, 0.5) is 0 Å². The van der Waals surface area contributed by atoms with E-state index in [-0.39, 0.29) is 5.57 Å². The van der Waals surface area contributed by atoms with Gasteiger partial charge in [0.25, 0.3) is 5.91 Å². The molecular weight excluding hydrogens is 320 g/mol. The average Bonchev–Trinajstić information content (AvgIpc) is 2.59. The molecule has 0 saturated heterocycles. The highest BCUT2D eigenvalue weighted by Crippen LogP contribution is 2.29. The standard InChI is InChI=1S/C19H26N2O4/c1-5-24-18-11-15(6-7-17(18)25-13-14(2)3)10-16(12-20)19(22)21-8-9-23-4/h6-7,10-11,14H,5,8-9,13H2,1-4H3,(H,21,22). The Morgan fingerprint density at radius 2 is 2.08 bits per heavy atom. The second-order valence-corrected chi connectivity index (χ2v) is 5.76. The van der Waals surface area contributed by atoms with Gasteiger partial charge in [-0.25, -0.2) is 0 Å². The summed E-state index contributed by atoms with van der Waals surface area (Å²) in [5, 5.41) is 11.8. The third kappa shape index (κ3) is 7.27. The molecule has 1 aromatic rings. The Morgan fingerprint density at radius 3 is 2.68 bits per heavy atom. The molecule has 0 aliphatic carbocycles. The molecule has 0 bridgehead atoms. The van der Waals surface area contributed by atoms with Gasteiger partial charge in [0.15, 0.2) is 11.5 Å². The summed E-state index contributed by atoms with van der Waals surface area (Å²) in [5.74, 6) is 1.21. The molecule has 6 heteroatoms. The van der Waals surface area contributed by atoms with Crippen LogP contribution in [0.3, 0.4) is 0 Å². The third-order valence-electron chi connectivity index (χ3n) is 3.11. The zero-order valence-corrected chi connectivity index (χ0v) is 15.3. The van der Waals surface area contributed by atoms with Crippen LogP contribution in [-0.4, -0.2) is 39.4 Å². The summed E-state index contributed by atoms with van der Waals surface area (Å²) in [4.78, 5) is 12.0. The third-order valence-corrected chi connectivity index (χ3v) is 3.11. The first-order valence-electron chi connectivity index (χ1n) is 8.30. The lowest BCUT2D eigenvalue weighted by molar-refractivity contribution is -0.117. The molecule has 0 saturated carbocycles. The van der Waals surface area contributed by atoms with Crippen LogP contribution in [0.5, 0.6) is 11.5 Å². The van der Waals surface area contributed by atoms with Crippen LogP contribution >= 0.6 is 0 Å². The van der Waals surface area contributed by atoms with Crippen LogP contribution in [0, 0.1) is 17.2 Å². The number of nitriles is 1. The van der Waals surface area contributed by atoms with E-state index in [1.54, 1.807) is 25.3 Å². The van der Waals surface area contributed by atoms with Crippen molar-refractivity contribution in [3.63, 3.8) is 0 Å². The van der Waals surface area contributed by atoms with E-state index >= 15 is 0 Å². The van der Waals surface area contributed by atoms with E-state index in [0.717, 1.165) is 0 Å². The van der Waals surface area contributed by atoms with Crippen molar-refractivity contribution in [2.75, 3.05) is 33.5 Å². The monoisotopic (exact) mass is 346 g/mol. The molecule has 1 amide bonds. The maximum absolute atomic E-state index is 12.0. The molecule has 1 rings (SSSR count). The zero-order valence-electron chi connectivity index (χ0n) is 15.3. The molecule has 0 aromatic heterocycles. The van der Waals surface area contributed by atoms with E-state index in [1.165, 1.54) is 6.08 Å². The van der Waals surface area contributed by atoms with Gasteiger partial charge < -0.3 is 19.5 Å². The fraction of sp³-hybridized carbons (Fsp3) is 0.474. The van der Waals surface area contributed by atoms with Gasteiger partial charge in [-0.15, -0.1) is 0 Å². The highest BCUT2D eigenvalue weighted by Gasteiger charge is 2.11. The lowest BCUT2D eigenvalue weighted by Crippen LogP contribution is -2.27. The number of ether oxygens (including phenoxy) is 3. The molecule has 0 fully saturated rings. The number of nitrogens with one attached hydrogen (secondary N) is 1. The van der Waals surface area contributed by atoms with Gasteiger partial charge in [-0.3, -0.25) is 4.79 Å². The first-order chi connectivity index (χ1) is 12.0. The molecule has 6 nitrogen and oxygen atoms in total. The highest BCUT2D eigenvalue weighted by molar-refractivity contribution is 6.01. The summed E-state index contributed by atoms with van der Waals surface area (Å²) in [6.45, 7) is 7.84. The van der Waals surface area contributed by atoms with Gasteiger partial charge in [0.05, 0.1) is 19.8 Å². The van der Waals surface area contributed by atoms with Crippen molar-refractivity contribution in [1.82, 2.24) is 5.32 Å². The van der Waals surface area contributed by atoms with Crippen molar-refractivity contribution in [1.29, 1.82) is 5.26 Å². The molecule has 0 radical (unpaired) electrons. The Kier molecular flexibility index (Phi) is 9.12. The van der Waals surface area contributed by atoms with Crippen LogP contribution in [-0.2, 0) is 9.53 Å². The van der Waals surface area contributed by atoms with Crippen LogP contribution in [0.2, 0.25) is 0 Å². The van der Waals surface area contributed by atoms with Gasteiger partial charge in [-0.2, -0.15) is 5.26 Å². The molecule has 0 spiro atoms. The quantitative estimate of drug-likeness (QED) is 0.400. The number of benzene rings is 1. The number of hydrogen-bond donors (Lipinski definition) is 1. The first-order valence-corrected chi connectivity index (χ1v) is 8.30. The number of carbonyl (C=O) groups excluding carboxylic acids is 1. The Bertz CT molecular complexity index is 633. The van der Waals surface area contributed by atoms with Crippen LogP contribution in [0.1, 0.15) is 26.3 Å². The summed E-state index contributed by atoms with van der Waals surface area (Å²) >= 11 is 0. The lowest BCUT2D eigenvalue weighted by Gasteiger charge is -2.14. The molecule has 0 atom stereocenters. The second-order valence-electron chi connectivity index (χ2n) is 5.76. The summed E-state index contributed by atoms with van der Waals surface area (Å²) in [5.41, 5.74) is 0.716. The Morgan fingerprint density at radius 1 is 1.32 bits per heavy atom. The Labute approximate surface area is 149 Å². The fourth-order valence-electron chi connectivity index (χ4n) is 1.94. The van der Waals surface area contributed by atoms with E-state index in [4.69, 9.17) is 14.2 Å². The summed E-state index contributed by atoms with van der Waals surface area (Å²) in [6.07, 6.45) is 1.52. The van der Waals surface area contributed by atoms with Crippen molar-refractivity contribution >= 4 is 12.0 Å². The molecule has 136 valence electrons. The average molecular weight is 346 g/mol. The van der Waals surface area contributed by atoms with E-state index in [1.807, 2.05) is 13.0 Å². The molecule has 0 unspecified atom stereocenters. The summed E-state index contributed by atoms with van der Waals surface area (Å²) < 4.78 is 16.2. The predicted octanol–water partition coefficient (Wildman–Crippen LogP) is 2.79. The van der Waals surface area contributed by atoms with Crippen LogP contribution in [0.25, 0.3) is 6.08 Å². The number of methoxy groups -OCH3 is 1. The normalized spacial score (nSPS) is 11.1. The molecule has 1 N–H and O–H groups in total. The number of amides is 1. The number of hydrogen-bond acceptors (Lipinski definition) is 5. The molecule has 25 heavy (non-hydrogen) atoms. The summed E-state index contributed by atoms with van der Waals surface area (Å²) in [7, 11) is 1.55. The molecule has 0 heterocycles. The smallest absolute Gasteiger partial charge is 0.262 e. The van der Waals surface area contributed by atoms with Crippen LogP contribution in [0.15, 0.2) is 23.8 Å². The van der Waals surface area contributed by atoms with Crippen LogP contribution < -0.4 is 14.8 Å². The Balaban J connectivity index is 2.97. The topological polar surface area (TPSA) is 80.6 Å². The van der Waals surface area contributed by atoms with Gasteiger partial charge in [0, 0.05) is 13.7 Å². The molecular formula is C19H26N2O4. The lowest BCUT2D eigenvalue weighted by atomic mass is 10.1. The largest absolute Gasteiger partial charge is 0.490 e. The van der Waals surface area contributed by atoms with Crippen molar-refractivity contribution in [2.24, 2.45) is 5.92 Å². The van der Waals surface area contributed by atoms with Gasteiger partial charge >= 0.3 is 0 Å². The summed E-state index contributed by atoms with van der Waals surface area (Å²) in [6, 6.07) is 7.26. The molecule has 0 aliphatic rings. The maximum Gasteiger partial charge on any atom is 0.262 e. The van der Waals surface area contributed by atoms with Crippen molar-refractivity contribution in [2.45, 2.75) is 20.8 Å². The first kappa shape index (κ1) is 20.5. The van der Waals surface area contributed by atoms with Crippen molar-refractivity contribution in [3.8, 4) is 17.6 Å². The number of nitrogens with zero attached hydrogens (tertiary/aromatic N) is 1. The van der Waals surface area contributed by atoms with E-state index in [2.05, 4.69) is 19.2 Å². The zero-order chi connectivity index (χ0) is 18.7. The second kappa shape index (κ2) is 11.1. The minimum absolute atomic E-state index is 0.0226. The van der Waals surface area contributed by atoms with Gasteiger partial charge in [0.2, 0.25) is 0 Å². The SMILES string of the molecule is CCOc1cc(C=C(C#N)C(=O)NCCOC)ccc1OCC(C)C. The van der Waals surface area contributed by atoms with Gasteiger partial charge in [-0.1, -0.05) is 19.9 Å². The number of rotatable bonds is 10. The van der Waals surface area contributed by atoms with E-state index < -0.39 is 5.91 Å². The maximum atomic E-state index is 12.0. The van der Waals surface area contributed by atoms with E-state index in [0.29, 0.717) is 49.3 Å². The number of carbonyl (C=O) groups is 1. The molecule has 1 aromatic carbocycles. The minimum Gasteiger partial charge on any atom is -0.490 e. The van der Waals surface area contributed by atoms with Crippen molar-refractivity contribution in [3.05, 3.63) is 29.3 Å². The molecule has 0 aliphatic heterocycles. The Hall–Kier alpha value is -2.52. The minimum atomic E-state index is -0.433.